The number of fused-ring (bicyclic) bond motifs is 1. The fourth-order valence-electron chi connectivity index (χ4n) is 1.70. The molecule has 6 heteroatoms. The van der Waals surface area contributed by atoms with Gasteiger partial charge in [0.25, 0.3) is 0 Å². The predicted molar refractivity (Wildman–Crippen MR) is 59.1 cm³/mol. The fraction of sp³-hybridized carbons (Fsp3) is 0. The molecule has 0 fully saturated rings. The Morgan fingerprint density at radius 3 is 3.12 bits per heavy atom. The van der Waals surface area contributed by atoms with E-state index < -0.39 is 5.76 Å². The van der Waals surface area contributed by atoms with E-state index in [4.69, 9.17) is 9.68 Å². The topological polar surface area (TPSA) is 98.5 Å². The molecule has 0 aliphatic carbocycles. The van der Waals surface area contributed by atoms with E-state index in [1.165, 1.54) is 6.33 Å². The molecule has 2 heterocycles. The first-order valence-corrected chi connectivity index (χ1v) is 4.84. The van der Waals surface area contributed by atoms with E-state index in [0.29, 0.717) is 22.5 Å². The second-order valence-electron chi connectivity index (χ2n) is 3.46. The molecule has 82 valence electrons. The minimum absolute atomic E-state index is 0.308. The smallest absolute Gasteiger partial charge is 0.408 e. The molecule has 3 aromatic rings. The standard InChI is InChI=1S/C11H6N4O2/c12-4-8-10(14-5-13-8)6-1-2-7-9(3-6)17-11(16)15-7/h1-3,5H,(H,13,14)(H,15,16). The average Bonchev–Trinajstić information content (AvgIpc) is 2.91. The van der Waals surface area contributed by atoms with Crippen molar-refractivity contribution in [1.82, 2.24) is 15.0 Å². The molecule has 6 nitrogen and oxygen atoms in total. The molecule has 0 aliphatic rings. The maximum Gasteiger partial charge on any atom is 0.417 e. The predicted octanol–water partition coefficient (Wildman–Crippen LogP) is 1.38. The number of hydrogen-bond donors (Lipinski definition) is 2. The maximum atomic E-state index is 11.0. The summed E-state index contributed by atoms with van der Waals surface area (Å²) < 4.78 is 4.95. The molecule has 0 bridgehead atoms. The normalized spacial score (nSPS) is 10.5. The monoisotopic (exact) mass is 226 g/mol. The number of nitrogens with one attached hydrogen (secondary N) is 2. The summed E-state index contributed by atoms with van der Waals surface area (Å²) in [5, 5.41) is 8.87. The highest BCUT2D eigenvalue weighted by Gasteiger charge is 2.09. The van der Waals surface area contributed by atoms with E-state index in [1.54, 1.807) is 18.2 Å². The van der Waals surface area contributed by atoms with Gasteiger partial charge in [-0.25, -0.2) is 9.78 Å². The van der Waals surface area contributed by atoms with Crippen LogP contribution in [0.15, 0.2) is 33.7 Å². The summed E-state index contributed by atoms with van der Waals surface area (Å²) in [5.41, 5.74) is 2.73. The van der Waals surface area contributed by atoms with E-state index in [1.807, 2.05) is 6.07 Å². The Kier molecular flexibility index (Phi) is 1.86. The van der Waals surface area contributed by atoms with Crippen molar-refractivity contribution >= 4 is 11.1 Å². The molecule has 17 heavy (non-hydrogen) atoms. The van der Waals surface area contributed by atoms with Crippen LogP contribution in [0, 0.1) is 11.3 Å². The third-order valence-corrected chi connectivity index (χ3v) is 2.45. The summed E-state index contributed by atoms with van der Waals surface area (Å²) in [6.07, 6.45) is 1.45. The van der Waals surface area contributed by atoms with Gasteiger partial charge in [-0.3, -0.25) is 4.98 Å². The van der Waals surface area contributed by atoms with Crippen molar-refractivity contribution in [3.05, 3.63) is 40.8 Å². The van der Waals surface area contributed by atoms with Gasteiger partial charge in [0.15, 0.2) is 11.3 Å². The molecular weight excluding hydrogens is 220 g/mol. The third kappa shape index (κ3) is 1.41. The van der Waals surface area contributed by atoms with Crippen LogP contribution in [0.5, 0.6) is 0 Å². The van der Waals surface area contributed by atoms with E-state index in [-0.39, 0.29) is 0 Å². The summed E-state index contributed by atoms with van der Waals surface area (Å²) in [6, 6.07) is 7.17. The Morgan fingerprint density at radius 1 is 1.41 bits per heavy atom. The minimum atomic E-state index is -0.498. The number of hydrogen-bond acceptors (Lipinski definition) is 4. The highest BCUT2D eigenvalue weighted by molar-refractivity contribution is 5.80. The van der Waals surface area contributed by atoms with Gasteiger partial charge in [-0.2, -0.15) is 5.26 Å². The molecule has 2 aromatic heterocycles. The van der Waals surface area contributed by atoms with Crippen LogP contribution in [-0.2, 0) is 0 Å². The fourth-order valence-corrected chi connectivity index (χ4v) is 1.70. The van der Waals surface area contributed by atoms with Crippen molar-refractivity contribution in [2.45, 2.75) is 0 Å². The Labute approximate surface area is 94.5 Å². The third-order valence-electron chi connectivity index (χ3n) is 2.45. The zero-order valence-electron chi connectivity index (χ0n) is 8.52. The summed E-state index contributed by atoms with van der Waals surface area (Å²) in [6.45, 7) is 0. The Balaban J connectivity index is 2.25. The van der Waals surface area contributed by atoms with Crippen LogP contribution in [0.3, 0.4) is 0 Å². The van der Waals surface area contributed by atoms with E-state index in [9.17, 15) is 4.79 Å². The summed E-state index contributed by atoms with van der Waals surface area (Å²) in [5.74, 6) is -0.498. The second-order valence-corrected chi connectivity index (χ2v) is 3.46. The summed E-state index contributed by atoms with van der Waals surface area (Å²) in [7, 11) is 0. The molecule has 0 aliphatic heterocycles. The molecule has 0 saturated carbocycles. The molecule has 2 N–H and O–H groups in total. The van der Waals surface area contributed by atoms with Gasteiger partial charge >= 0.3 is 5.76 Å². The zero-order valence-corrected chi connectivity index (χ0v) is 8.52. The highest BCUT2D eigenvalue weighted by Crippen LogP contribution is 2.23. The first-order valence-electron chi connectivity index (χ1n) is 4.84. The maximum absolute atomic E-state index is 11.0. The van der Waals surface area contributed by atoms with Crippen LogP contribution in [0.25, 0.3) is 22.4 Å². The SMILES string of the molecule is N#Cc1nc[nH]c1-c1ccc2[nH]c(=O)oc2c1. The first kappa shape index (κ1) is 9.42. The van der Waals surface area contributed by atoms with Gasteiger partial charge in [-0.15, -0.1) is 0 Å². The van der Waals surface area contributed by atoms with Gasteiger partial charge in [0.1, 0.15) is 6.07 Å². The van der Waals surface area contributed by atoms with Crippen molar-refractivity contribution < 1.29 is 4.42 Å². The van der Waals surface area contributed by atoms with E-state index in [2.05, 4.69) is 15.0 Å². The quantitative estimate of drug-likeness (QED) is 0.654. The van der Waals surface area contributed by atoms with Crippen molar-refractivity contribution in [2.24, 2.45) is 0 Å². The lowest BCUT2D eigenvalue weighted by molar-refractivity contribution is 0.555. The minimum Gasteiger partial charge on any atom is -0.408 e. The first-order chi connectivity index (χ1) is 8.28. The van der Waals surface area contributed by atoms with Crippen LogP contribution in [-0.4, -0.2) is 15.0 Å². The van der Waals surface area contributed by atoms with Gasteiger partial charge in [0.05, 0.1) is 17.5 Å². The van der Waals surface area contributed by atoms with Gasteiger partial charge in [-0.1, -0.05) is 6.07 Å². The van der Waals surface area contributed by atoms with Crippen molar-refractivity contribution in [3.8, 4) is 17.3 Å². The van der Waals surface area contributed by atoms with Crippen molar-refractivity contribution in [1.29, 1.82) is 5.26 Å². The lowest BCUT2D eigenvalue weighted by atomic mass is 10.1. The molecular formula is C11H6N4O2. The number of oxazole rings is 1. The number of aromatic amines is 2. The van der Waals surface area contributed by atoms with Crippen molar-refractivity contribution in [3.63, 3.8) is 0 Å². The Hall–Kier alpha value is -2.81. The number of nitriles is 1. The van der Waals surface area contributed by atoms with Crippen LogP contribution in [0.1, 0.15) is 5.69 Å². The molecule has 0 radical (unpaired) electrons. The number of aromatic nitrogens is 3. The van der Waals surface area contributed by atoms with Gasteiger partial charge in [-0.05, 0) is 12.1 Å². The van der Waals surface area contributed by atoms with Crippen LogP contribution in [0.2, 0.25) is 0 Å². The summed E-state index contributed by atoms with van der Waals surface area (Å²) in [4.78, 5) is 20.3. The van der Waals surface area contributed by atoms with E-state index >= 15 is 0 Å². The van der Waals surface area contributed by atoms with Crippen LogP contribution in [0.4, 0.5) is 0 Å². The van der Waals surface area contributed by atoms with Gasteiger partial charge in [0, 0.05) is 5.56 Å². The van der Waals surface area contributed by atoms with Gasteiger partial charge < -0.3 is 9.40 Å². The van der Waals surface area contributed by atoms with E-state index in [0.717, 1.165) is 5.56 Å². The molecule has 0 saturated heterocycles. The Morgan fingerprint density at radius 2 is 2.29 bits per heavy atom. The number of rotatable bonds is 1. The second kappa shape index (κ2) is 3.35. The number of H-pyrrole nitrogens is 2. The average molecular weight is 226 g/mol. The zero-order chi connectivity index (χ0) is 11.8. The lowest BCUT2D eigenvalue weighted by Crippen LogP contribution is -1.92. The number of imidazole rings is 1. The number of nitrogens with zero attached hydrogens (tertiary/aromatic N) is 2. The van der Waals surface area contributed by atoms with Crippen LogP contribution >= 0.6 is 0 Å². The molecule has 0 atom stereocenters. The molecule has 3 rings (SSSR count). The molecule has 0 unspecified atom stereocenters. The Bertz CT molecular complexity index is 788. The molecule has 0 amide bonds. The summed E-state index contributed by atoms with van der Waals surface area (Å²) >= 11 is 0. The lowest BCUT2D eigenvalue weighted by Gasteiger charge is -1.97. The largest absolute Gasteiger partial charge is 0.417 e. The molecule has 1 aromatic carbocycles. The number of benzene rings is 1. The molecule has 0 spiro atoms. The van der Waals surface area contributed by atoms with Crippen molar-refractivity contribution in [2.75, 3.05) is 0 Å². The van der Waals surface area contributed by atoms with Gasteiger partial charge in [0.2, 0.25) is 0 Å². The van der Waals surface area contributed by atoms with Crippen LogP contribution < -0.4 is 5.76 Å². The highest BCUT2D eigenvalue weighted by atomic mass is 16.4.